The fraction of sp³-hybridized carbons (Fsp3) is 0.111. The van der Waals surface area contributed by atoms with E-state index in [1.807, 2.05) is 18.2 Å². The highest BCUT2D eigenvalue weighted by atomic mass is 35.5. The van der Waals surface area contributed by atoms with Crippen LogP contribution in [0.1, 0.15) is 10.6 Å². The van der Waals surface area contributed by atoms with Gasteiger partial charge < -0.3 is 0 Å². The summed E-state index contributed by atoms with van der Waals surface area (Å²) < 4.78 is 3.91. The third-order valence-electron chi connectivity index (χ3n) is 1.64. The molecule has 0 saturated carbocycles. The first-order valence-electron chi connectivity index (χ1n) is 3.86. The van der Waals surface area contributed by atoms with Crippen LogP contribution in [0.3, 0.4) is 0 Å². The van der Waals surface area contributed by atoms with Gasteiger partial charge in [0, 0.05) is 6.42 Å². The number of halogens is 1. The van der Waals surface area contributed by atoms with Gasteiger partial charge in [0.25, 0.3) is 0 Å². The zero-order valence-electron chi connectivity index (χ0n) is 6.77. The molecule has 0 saturated heterocycles. The van der Waals surface area contributed by atoms with Gasteiger partial charge in [-0.1, -0.05) is 30.3 Å². The molecule has 0 fully saturated rings. The summed E-state index contributed by atoms with van der Waals surface area (Å²) in [6.45, 7) is 0. The van der Waals surface area contributed by atoms with Gasteiger partial charge in [-0.05, 0) is 28.7 Å². The second kappa shape index (κ2) is 3.85. The van der Waals surface area contributed by atoms with E-state index in [1.165, 1.54) is 17.1 Å². The second-order valence-electron chi connectivity index (χ2n) is 2.62. The first kappa shape index (κ1) is 8.66. The molecule has 1 heterocycles. The Balaban J connectivity index is 2.15. The summed E-state index contributed by atoms with van der Waals surface area (Å²) in [6.07, 6.45) is 0.811. The molecule has 0 bridgehead atoms. The number of hydrogen-bond donors (Lipinski definition) is 0. The van der Waals surface area contributed by atoms with Crippen LogP contribution in [-0.2, 0) is 6.42 Å². The van der Waals surface area contributed by atoms with Crippen molar-refractivity contribution in [3.8, 4) is 0 Å². The highest BCUT2D eigenvalue weighted by molar-refractivity contribution is 7.05. The minimum atomic E-state index is 0.343. The van der Waals surface area contributed by atoms with Crippen molar-refractivity contribution in [2.75, 3.05) is 0 Å². The van der Waals surface area contributed by atoms with Crippen LogP contribution in [0.5, 0.6) is 0 Å². The topological polar surface area (TPSA) is 25.8 Å². The summed E-state index contributed by atoms with van der Waals surface area (Å²) in [5, 5.41) is 1.30. The van der Waals surface area contributed by atoms with E-state index in [0.29, 0.717) is 5.28 Å². The molecular formula is C9H7ClN2S. The molecule has 4 heteroatoms. The predicted molar refractivity (Wildman–Crippen MR) is 54.2 cm³/mol. The Morgan fingerprint density at radius 3 is 2.62 bits per heavy atom. The van der Waals surface area contributed by atoms with Crippen LogP contribution in [0.2, 0.25) is 5.28 Å². The first-order chi connectivity index (χ1) is 6.34. The van der Waals surface area contributed by atoms with Crippen LogP contribution in [0.25, 0.3) is 0 Å². The molecule has 0 aliphatic rings. The Bertz CT molecular complexity index is 386. The zero-order valence-corrected chi connectivity index (χ0v) is 8.35. The third-order valence-corrected chi connectivity index (χ3v) is 2.62. The molecule has 0 N–H and O–H groups in total. The van der Waals surface area contributed by atoms with Gasteiger partial charge in [0.2, 0.25) is 5.28 Å². The molecule has 1 aromatic carbocycles. The number of rotatable bonds is 2. The van der Waals surface area contributed by atoms with Crippen LogP contribution in [-0.4, -0.2) is 9.36 Å². The summed E-state index contributed by atoms with van der Waals surface area (Å²) in [5.74, 6) is 0. The molecular weight excluding hydrogens is 204 g/mol. The van der Waals surface area contributed by atoms with Crippen LogP contribution < -0.4 is 0 Å². The van der Waals surface area contributed by atoms with Crippen molar-refractivity contribution in [1.29, 1.82) is 0 Å². The van der Waals surface area contributed by atoms with E-state index in [1.54, 1.807) is 0 Å². The van der Waals surface area contributed by atoms with Crippen LogP contribution in [0.4, 0.5) is 0 Å². The van der Waals surface area contributed by atoms with Gasteiger partial charge in [-0.3, -0.25) is 0 Å². The highest BCUT2D eigenvalue weighted by Gasteiger charge is 2.01. The number of hydrogen-bond acceptors (Lipinski definition) is 3. The van der Waals surface area contributed by atoms with E-state index < -0.39 is 0 Å². The summed E-state index contributed by atoms with van der Waals surface area (Å²) in [7, 11) is 0. The summed E-state index contributed by atoms with van der Waals surface area (Å²) >= 11 is 6.97. The van der Waals surface area contributed by atoms with E-state index >= 15 is 0 Å². The molecule has 0 unspecified atom stereocenters. The lowest BCUT2D eigenvalue weighted by Gasteiger charge is -1.94. The standard InChI is InChI=1S/C9H7ClN2S/c10-9-11-8(13-12-9)6-7-4-2-1-3-5-7/h1-5H,6H2. The molecule has 0 spiro atoms. The van der Waals surface area contributed by atoms with Crippen LogP contribution in [0.15, 0.2) is 30.3 Å². The molecule has 0 aliphatic carbocycles. The van der Waals surface area contributed by atoms with Crippen LogP contribution >= 0.6 is 23.1 Å². The quantitative estimate of drug-likeness (QED) is 0.762. The lowest BCUT2D eigenvalue weighted by atomic mass is 10.2. The highest BCUT2D eigenvalue weighted by Crippen LogP contribution is 2.13. The Morgan fingerprint density at radius 1 is 1.23 bits per heavy atom. The molecule has 0 atom stereocenters. The molecule has 66 valence electrons. The largest absolute Gasteiger partial charge is 0.234 e. The molecule has 2 nitrogen and oxygen atoms in total. The van der Waals surface area contributed by atoms with Gasteiger partial charge in [-0.25, -0.2) is 4.98 Å². The summed E-state index contributed by atoms with van der Waals surface area (Å²) in [6, 6.07) is 10.1. The van der Waals surface area contributed by atoms with E-state index in [0.717, 1.165) is 11.4 Å². The smallest absolute Gasteiger partial charge is 0.209 e. The zero-order chi connectivity index (χ0) is 9.10. The number of nitrogens with zero attached hydrogens (tertiary/aromatic N) is 2. The fourth-order valence-electron chi connectivity index (χ4n) is 1.08. The predicted octanol–water partition coefficient (Wildman–Crippen LogP) is 2.78. The monoisotopic (exact) mass is 210 g/mol. The van der Waals surface area contributed by atoms with Gasteiger partial charge in [0.05, 0.1) is 0 Å². The Labute approximate surface area is 85.4 Å². The molecule has 1 aromatic heterocycles. The molecule has 0 radical (unpaired) electrons. The van der Waals surface area contributed by atoms with Crippen molar-refractivity contribution in [3.63, 3.8) is 0 Å². The van der Waals surface area contributed by atoms with E-state index in [9.17, 15) is 0 Å². The van der Waals surface area contributed by atoms with Gasteiger partial charge in [-0.2, -0.15) is 4.37 Å². The average molecular weight is 211 g/mol. The molecule has 2 rings (SSSR count). The lowest BCUT2D eigenvalue weighted by molar-refractivity contribution is 1.13. The second-order valence-corrected chi connectivity index (χ2v) is 3.79. The Kier molecular flexibility index (Phi) is 2.57. The van der Waals surface area contributed by atoms with Gasteiger partial charge in [0.15, 0.2) is 0 Å². The van der Waals surface area contributed by atoms with E-state index in [-0.39, 0.29) is 0 Å². The summed E-state index contributed by atoms with van der Waals surface area (Å²) in [5.41, 5.74) is 1.23. The molecule has 2 aromatic rings. The lowest BCUT2D eigenvalue weighted by Crippen LogP contribution is -1.85. The SMILES string of the molecule is Clc1nsc(Cc2ccccc2)n1. The molecule has 0 aliphatic heterocycles. The first-order valence-corrected chi connectivity index (χ1v) is 5.02. The van der Waals surface area contributed by atoms with E-state index in [2.05, 4.69) is 21.5 Å². The maximum Gasteiger partial charge on any atom is 0.234 e. The van der Waals surface area contributed by atoms with Gasteiger partial charge >= 0.3 is 0 Å². The minimum absolute atomic E-state index is 0.343. The maximum absolute atomic E-state index is 5.61. The summed E-state index contributed by atoms with van der Waals surface area (Å²) in [4.78, 5) is 4.08. The minimum Gasteiger partial charge on any atom is -0.209 e. The van der Waals surface area contributed by atoms with Crippen molar-refractivity contribution < 1.29 is 0 Å². The van der Waals surface area contributed by atoms with Gasteiger partial charge in [-0.15, -0.1) is 0 Å². The Morgan fingerprint density at radius 2 is 2.00 bits per heavy atom. The van der Waals surface area contributed by atoms with Crippen molar-refractivity contribution in [2.24, 2.45) is 0 Å². The van der Waals surface area contributed by atoms with E-state index in [4.69, 9.17) is 11.6 Å². The Hall–Kier alpha value is -0.930. The number of aromatic nitrogens is 2. The van der Waals surface area contributed by atoms with Crippen LogP contribution in [0, 0.1) is 0 Å². The average Bonchev–Trinajstić information content (AvgIpc) is 2.53. The normalized spacial score (nSPS) is 10.2. The molecule has 0 amide bonds. The molecule has 13 heavy (non-hydrogen) atoms. The van der Waals surface area contributed by atoms with Crippen molar-refractivity contribution in [2.45, 2.75) is 6.42 Å². The van der Waals surface area contributed by atoms with Gasteiger partial charge in [0.1, 0.15) is 5.01 Å². The third kappa shape index (κ3) is 2.26. The number of benzene rings is 1. The maximum atomic E-state index is 5.61. The van der Waals surface area contributed by atoms with Crippen molar-refractivity contribution >= 4 is 23.1 Å². The fourth-order valence-corrected chi connectivity index (χ4v) is 1.91. The van der Waals surface area contributed by atoms with Crippen molar-refractivity contribution in [1.82, 2.24) is 9.36 Å². The van der Waals surface area contributed by atoms with Crippen molar-refractivity contribution in [3.05, 3.63) is 46.2 Å².